The highest BCUT2D eigenvalue weighted by atomic mass is 35.5. The lowest BCUT2D eigenvalue weighted by Crippen LogP contribution is -2.41. The number of morpholine rings is 1. The predicted octanol–water partition coefficient (Wildman–Crippen LogP) is 2.52. The Balaban J connectivity index is 1.35. The van der Waals surface area contributed by atoms with Gasteiger partial charge in [0.25, 0.3) is 11.8 Å². The summed E-state index contributed by atoms with van der Waals surface area (Å²) in [6.45, 7) is 1.59. The monoisotopic (exact) mass is 435 g/mol. The van der Waals surface area contributed by atoms with E-state index in [2.05, 4.69) is 5.32 Å². The largest absolute Gasteiger partial charge is 0.442 e. The molecule has 0 spiro atoms. The Hall–Kier alpha value is -2.62. The van der Waals surface area contributed by atoms with E-state index in [0.29, 0.717) is 35.3 Å². The van der Waals surface area contributed by atoms with Gasteiger partial charge in [-0.05, 0) is 30.3 Å². The zero-order chi connectivity index (χ0) is 20.4. The summed E-state index contributed by atoms with van der Waals surface area (Å²) in [6.07, 6.45) is -0.931. The number of anilines is 2. The molecule has 0 saturated carbocycles. The molecule has 152 valence electrons. The van der Waals surface area contributed by atoms with Crippen LogP contribution in [0.1, 0.15) is 10.4 Å². The van der Waals surface area contributed by atoms with Crippen molar-refractivity contribution in [1.29, 1.82) is 0 Å². The average Bonchev–Trinajstić information content (AvgIpc) is 3.32. The third-order valence-corrected chi connectivity index (χ3v) is 5.74. The van der Waals surface area contributed by atoms with Crippen molar-refractivity contribution in [3.8, 4) is 0 Å². The number of nitrogens with one attached hydrogen (secondary N) is 1. The fourth-order valence-corrected chi connectivity index (χ4v) is 4.04. The van der Waals surface area contributed by atoms with Crippen LogP contribution in [0.2, 0.25) is 4.34 Å². The number of thiophene rings is 1. The Bertz CT molecular complexity index is 932. The number of halogens is 1. The van der Waals surface area contributed by atoms with Crippen molar-refractivity contribution in [1.82, 2.24) is 5.32 Å². The van der Waals surface area contributed by atoms with E-state index in [-0.39, 0.29) is 25.0 Å². The molecule has 3 amide bonds. The van der Waals surface area contributed by atoms with Crippen LogP contribution in [-0.2, 0) is 14.3 Å². The molecule has 3 heterocycles. The first-order chi connectivity index (χ1) is 14.0. The molecule has 4 rings (SSSR count). The summed E-state index contributed by atoms with van der Waals surface area (Å²) in [7, 11) is 0. The summed E-state index contributed by atoms with van der Waals surface area (Å²) in [4.78, 5) is 39.4. The number of carbonyl (C=O) groups excluding carboxylic acids is 3. The van der Waals surface area contributed by atoms with E-state index in [9.17, 15) is 14.4 Å². The summed E-state index contributed by atoms with van der Waals surface area (Å²) < 4.78 is 11.0. The third-order valence-electron chi connectivity index (χ3n) is 4.65. The van der Waals surface area contributed by atoms with Gasteiger partial charge in [-0.25, -0.2) is 4.79 Å². The molecular formula is C19H18ClN3O5S. The highest BCUT2D eigenvalue weighted by Crippen LogP contribution is 2.26. The molecule has 0 aliphatic carbocycles. The first-order valence-electron chi connectivity index (χ1n) is 9.00. The third kappa shape index (κ3) is 4.36. The van der Waals surface area contributed by atoms with Crippen molar-refractivity contribution in [2.75, 3.05) is 42.6 Å². The number of hydrogen-bond acceptors (Lipinski definition) is 6. The van der Waals surface area contributed by atoms with E-state index in [1.54, 1.807) is 40.6 Å². The highest BCUT2D eigenvalue weighted by Gasteiger charge is 2.32. The average molecular weight is 436 g/mol. The molecule has 29 heavy (non-hydrogen) atoms. The second kappa shape index (κ2) is 8.40. The van der Waals surface area contributed by atoms with Gasteiger partial charge in [0.15, 0.2) is 0 Å². The SMILES string of the molecule is O=C(NC[C@H]1CN(c2ccc(N3CCOCC3=O)cc2)C(=O)O1)c1csc(Cl)c1. The molecule has 2 saturated heterocycles. The first-order valence-corrected chi connectivity index (χ1v) is 10.3. The summed E-state index contributed by atoms with van der Waals surface area (Å²) in [5, 5.41) is 4.42. The first kappa shape index (κ1) is 19.7. The van der Waals surface area contributed by atoms with Crippen LogP contribution in [0.5, 0.6) is 0 Å². The van der Waals surface area contributed by atoms with Gasteiger partial charge in [0.2, 0.25) is 0 Å². The molecule has 1 atom stereocenters. The Labute approximate surface area is 175 Å². The molecule has 0 radical (unpaired) electrons. The zero-order valence-corrected chi connectivity index (χ0v) is 16.9. The second-order valence-electron chi connectivity index (χ2n) is 6.58. The lowest BCUT2D eigenvalue weighted by molar-refractivity contribution is -0.125. The topological polar surface area (TPSA) is 88.2 Å². The van der Waals surface area contributed by atoms with Crippen LogP contribution in [0.4, 0.5) is 16.2 Å². The van der Waals surface area contributed by atoms with Crippen LogP contribution < -0.4 is 15.1 Å². The molecule has 1 aromatic heterocycles. The minimum absolute atomic E-state index is 0.0746. The van der Waals surface area contributed by atoms with E-state index in [1.165, 1.54) is 16.2 Å². The number of benzene rings is 1. The maximum Gasteiger partial charge on any atom is 0.414 e. The quantitative estimate of drug-likeness (QED) is 0.779. The van der Waals surface area contributed by atoms with Crippen molar-refractivity contribution in [3.05, 3.63) is 45.6 Å². The Morgan fingerprint density at radius 2 is 1.93 bits per heavy atom. The van der Waals surface area contributed by atoms with Gasteiger partial charge in [0, 0.05) is 23.3 Å². The fraction of sp³-hybridized carbons (Fsp3) is 0.316. The van der Waals surface area contributed by atoms with Crippen LogP contribution in [0.25, 0.3) is 0 Å². The normalized spacial score (nSPS) is 19.4. The number of carbonyl (C=O) groups is 3. The molecule has 10 heteroatoms. The van der Waals surface area contributed by atoms with Gasteiger partial charge < -0.3 is 19.7 Å². The van der Waals surface area contributed by atoms with Crippen LogP contribution >= 0.6 is 22.9 Å². The minimum atomic E-state index is -0.474. The zero-order valence-electron chi connectivity index (χ0n) is 15.3. The van der Waals surface area contributed by atoms with Crippen molar-refractivity contribution in [2.45, 2.75) is 6.10 Å². The summed E-state index contributed by atoms with van der Waals surface area (Å²) in [6, 6.07) is 8.72. The van der Waals surface area contributed by atoms with Crippen molar-refractivity contribution in [3.63, 3.8) is 0 Å². The maximum atomic E-state index is 12.2. The number of amides is 3. The number of nitrogens with zero attached hydrogens (tertiary/aromatic N) is 2. The molecule has 8 nitrogen and oxygen atoms in total. The van der Waals surface area contributed by atoms with Gasteiger partial charge in [0.1, 0.15) is 12.7 Å². The van der Waals surface area contributed by atoms with Gasteiger partial charge in [-0.1, -0.05) is 11.6 Å². The molecule has 2 aromatic rings. The number of rotatable bonds is 5. The van der Waals surface area contributed by atoms with Gasteiger partial charge >= 0.3 is 6.09 Å². The van der Waals surface area contributed by atoms with Gasteiger partial charge in [0.05, 0.1) is 29.6 Å². The lowest BCUT2D eigenvalue weighted by atomic mass is 10.2. The predicted molar refractivity (Wildman–Crippen MR) is 109 cm³/mol. The number of cyclic esters (lactones) is 1. The fourth-order valence-electron chi connectivity index (χ4n) is 3.18. The molecule has 0 bridgehead atoms. The maximum absolute atomic E-state index is 12.2. The van der Waals surface area contributed by atoms with Crippen molar-refractivity contribution in [2.24, 2.45) is 0 Å². The molecule has 2 aliphatic heterocycles. The molecule has 2 fully saturated rings. The summed E-state index contributed by atoms with van der Waals surface area (Å²) in [5.74, 6) is -0.352. The Morgan fingerprint density at radius 1 is 1.21 bits per heavy atom. The Kier molecular flexibility index (Phi) is 5.70. The van der Waals surface area contributed by atoms with Gasteiger partial charge in [-0.2, -0.15) is 0 Å². The minimum Gasteiger partial charge on any atom is -0.442 e. The molecular weight excluding hydrogens is 418 g/mol. The Morgan fingerprint density at radius 3 is 2.59 bits per heavy atom. The molecule has 1 aromatic carbocycles. The molecule has 0 unspecified atom stereocenters. The second-order valence-corrected chi connectivity index (χ2v) is 8.12. The van der Waals surface area contributed by atoms with E-state index < -0.39 is 12.2 Å². The van der Waals surface area contributed by atoms with E-state index in [0.717, 1.165) is 5.69 Å². The van der Waals surface area contributed by atoms with Crippen molar-refractivity contribution >= 4 is 52.2 Å². The van der Waals surface area contributed by atoms with Crippen LogP contribution in [0.15, 0.2) is 35.7 Å². The molecule has 1 N–H and O–H groups in total. The van der Waals surface area contributed by atoms with Gasteiger partial charge in [-0.3, -0.25) is 14.5 Å². The van der Waals surface area contributed by atoms with E-state index in [1.807, 2.05) is 0 Å². The number of hydrogen-bond donors (Lipinski definition) is 1. The van der Waals surface area contributed by atoms with Crippen LogP contribution in [0, 0.1) is 0 Å². The van der Waals surface area contributed by atoms with Crippen LogP contribution in [-0.4, -0.2) is 56.9 Å². The number of ether oxygens (including phenoxy) is 2. The molecule has 2 aliphatic rings. The smallest absolute Gasteiger partial charge is 0.414 e. The summed E-state index contributed by atoms with van der Waals surface area (Å²) in [5.41, 5.74) is 1.90. The lowest BCUT2D eigenvalue weighted by Gasteiger charge is -2.27. The van der Waals surface area contributed by atoms with E-state index in [4.69, 9.17) is 21.1 Å². The van der Waals surface area contributed by atoms with E-state index >= 15 is 0 Å². The highest BCUT2D eigenvalue weighted by molar-refractivity contribution is 7.14. The van der Waals surface area contributed by atoms with Crippen LogP contribution in [0.3, 0.4) is 0 Å². The van der Waals surface area contributed by atoms with Gasteiger partial charge in [-0.15, -0.1) is 11.3 Å². The standard InChI is InChI=1S/C19H18ClN3O5S/c20-16-7-12(11-29-16)18(25)21-8-15-9-23(19(26)28-15)14-3-1-13(2-4-14)22-5-6-27-10-17(22)24/h1-4,7,11,15H,5-6,8-10H2,(H,21,25)/t15-/m0/s1. The summed E-state index contributed by atoms with van der Waals surface area (Å²) >= 11 is 7.12. The van der Waals surface area contributed by atoms with Crippen molar-refractivity contribution < 1.29 is 23.9 Å².